The van der Waals surface area contributed by atoms with Gasteiger partial charge in [0.05, 0.1) is 11.4 Å². The minimum atomic E-state index is -0.578. The second-order valence-corrected chi connectivity index (χ2v) is 5.33. The van der Waals surface area contributed by atoms with Crippen LogP contribution < -0.4 is 0 Å². The molecule has 9 heteroatoms. The zero-order valence-electron chi connectivity index (χ0n) is 14.1. The summed E-state index contributed by atoms with van der Waals surface area (Å²) in [6.07, 6.45) is 2.95. The minimum Gasteiger partial charge on any atom is -0.257 e. The van der Waals surface area contributed by atoms with Crippen LogP contribution in [-0.2, 0) is 20.1 Å². The van der Waals surface area contributed by atoms with Crippen molar-refractivity contribution in [3.05, 3.63) is 83.8 Å². The normalized spacial score (nSPS) is 12.3. The first-order chi connectivity index (χ1) is 12.6. The Morgan fingerprint density at radius 3 is 2.07 bits per heavy atom. The molecule has 0 unspecified atom stereocenters. The number of hydrogen-bond acceptors (Lipinski definition) is 6. The van der Waals surface area contributed by atoms with Crippen molar-refractivity contribution in [3.63, 3.8) is 0 Å². The molecule has 0 fully saturated rings. The molecule has 27 heavy (non-hydrogen) atoms. The maximum absolute atomic E-state index is 13.5. The van der Waals surface area contributed by atoms with E-state index in [2.05, 4.69) is 30.6 Å². The standard InChI is InChI=1S/C12H9F2N.C6H5N5.Ir/c1-8-6-9(13)7-10(14)12(8)11-4-2-3-5-15-11;1-2-4-7-5(3-1)6-8-10-11-9-6;/h2-7H,1H3;1-4,6H;. The van der Waals surface area contributed by atoms with E-state index in [-0.39, 0.29) is 26.3 Å². The van der Waals surface area contributed by atoms with Crippen LogP contribution >= 0.6 is 0 Å². The van der Waals surface area contributed by atoms with Gasteiger partial charge in [-0.15, -0.1) is 10.2 Å². The summed E-state index contributed by atoms with van der Waals surface area (Å²) < 4.78 is 26.4. The van der Waals surface area contributed by atoms with Gasteiger partial charge in [-0.25, -0.2) is 8.78 Å². The van der Waals surface area contributed by atoms with Crippen molar-refractivity contribution in [2.75, 3.05) is 0 Å². The summed E-state index contributed by atoms with van der Waals surface area (Å²) >= 11 is 0. The second-order valence-electron chi connectivity index (χ2n) is 5.33. The van der Waals surface area contributed by atoms with E-state index in [0.29, 0.717) is 16.8 Å². The van der Waals surface area contributed by atoms with Gasteiger partial charge in [0, 0.05) is 44.1 Å². The molecule has 0 amide bonds. The molecule has 0 spiro atoms. The van der Waals surface area contributed by atoms with E-state index >= 15 is 0 Å². The molecule has 0 atom stereocenters. The molecular formula is C18H14F2IrN6. The Hall–Kier alpha value is -2.77. The average Bonchev–Trinajstić information content (AvgIpc) is 3.18. The van der Waals surface area contributed by atoms with Crippen LogP contribution in [0, 0.1) is 18.6 Å². The first-order valence-corrected chi connectivity index (χ1v) is 7.73. The van der Waals surface area contributed by atoms with E-state index in [0.717, 1.165) is 11.8 Å². The Labute approximate surface area is 167 Å². The summed E-state index contributed by atoms with van der Waals surface area (Å²) in [5.74, 6) is -1.14. The van der Waals surface area contributed by atoms with Gasteiger partial charge in [0.15, 0.2) is 0 Å². The van der Waals surface area contributed by atoms with E-state index in [9.17, 15) is 8.78 Å². The van der Waals surface area contributed by atoms with Crippen LogP contribution in [-0.4, -0.2) is 9.97 Å². The Balaban J connectivity index is 0.000000194. The first-order valence-electron chi connectivity index (χ1n) is 7.73. The molecule has 139 valence electrons. The van der Waals surface area contributed by atoms with Crippen LogP contribution in [0.3, 0.4) is 0 Å². The van der Waals surface area contributed by atoms with E-state index in [4.69, 9.17) is 0 Å². The van der Waals surface area contributed by atoms with Gasteiger partial charge in [0.25, 0.3) is 0 Å². The molecule has 1 radical (unpaired) electrons. The summed E-state index contributed by atoms with van der Waals surface area (Å²) in [6.45, 7) is 1.66. The Morgan fingerprint density at radius 1 is 0.852 bits per heavy atom. The van der Waals surface area contributed by atoms with Gasteiger partial charge in [-0.05, 0) is 53.3 Å². The first kappa shape index (κ1) is 20.5. The van der Waals surface area contributed by atoms with E-state index < -0.39 is 11.6 Å². The molecule has 4 rings (SSSR count). The van der Waals surface area contributed by atoms with E-state index in [1.807, 2.05) is 18.2 Å². The third kappa shape index (κ3) is 5.35. The number of rotatable bonds is 2. The average molecular weight is 545 g/mol. The largest absolute Gasteiger partial charge is 0.257 e. The number of pyridine rings is 2. The zero-order valence-corrected chi connectivity index (χ0v) is 16.5. The van der Waals surface area contributed by atoms with Crippen LogP contribution in [0.2, 0.25) is 0 Å². The number of aromatic nitrogens is 2. The minimum absolute atomic E-state index is 0. The molecule has 6 nitrogen and oxygen atoms in total. The van der Waals surface area contributed by atoms with Gasteiger partial charge in [-0.3, -0.25) is 9.97 Å². The van der Waals surface area contributed by atoms with Crippen molar-refractivity contribution in [3.8, 4) is 11.3 Å². The molecule has 1 aliphatic heterocycles. The number of hydrogen-bond donors (Lipinski definition) is 0. The monoisotopic (exact) mass is 545 g/mol. The quantitative estimate of drug-likeness (QED) is 0.442. The number of aryl methyl sites for hydroxylation is 1. The Bertz CT molecular complexity index is 900. The summed E-state index contributed by atoms with van der Waals surface area (Å²) in [5, 5.41) is 14.2. The van der Waals surface area contributed by atoms with Gasteiger partial charge < -0.3 is 0 Å². The number of halogens is 2. The maximum atomic E-state index is 13.5. The van der Waals surface area contributed by atoms with Crippen molar-refractivity contribution in [2.45, 2.75) is 13.1 Å². The molecule has 2 aromatic heterocycles. The van der Waals surface area contributed by atoms with Gasteiger partial charge in [0.2, 0.25) is 6.17 Å². The molecule has 0 N–H and O–H groups in total. The molecule has 0 aliphatic carbocycles. The number of benzene rings is 1. The van der Waals surface area contributed by atoms with Gasteiger partial charge in [0.1, 0.15) is 11.6 Å². The number of nitrogens with zero attached hydrogens (tertiary/aromatic N) is 6. The fourth-order valence-electron chi connectivity index (χ4n) is 2.35. The maximum Gasteiger partial charge on any atom is 0.226 e. The van der Waals surface area contributed by atoms with Crippen LogP contribution in [0.25, 0.3) is 11.3 Å². The SMILES string of the molecule is Cc1cc(F)cc(F)c1-c1ccccn1.[Ir].c1ccc(C2N=NN=N2)nc1. The van der Waals surface area contributed by atoms with Crippen LogP contribution in [0.5, 0.6) is 0 Å². The molecule has 1 aromatic carbocycles. The fraction of sp³-hybridized carbons (Fsp3) is 0.111. The molecular weight excluding hydrogens is 530 g/mol. The Morgan fingerprint density at radius 2 is 1.52 bits per heavy atom. The Kier molecular flexibility index (Phi) is 7.45. The predicted molar refractivity (Wildman–Crippen MR) is 91.0 cm³/mol. The van der Waals surface area contributed by atoms with Gasteiger partial charge in [-0.2, -0.15) is 0 Å². The summed E-state index contributed by atoms with van der Waals surface area (Å²) in [6, 6.07) is 12.9. The van der Waals surface area contributed by atoms with E-state index in [1.165, 1.54) is 6.07 Å². The van der Waals surface area contributed by atoms with Crippen molar-refractivity contribution < 1.29 is 28.9 Å². The van der Waals surface area contributed by atoms with Crippen molar-refractivity contribution in [2.24, 2.45) is 20.7 Å². The molecule has 0 saturated carbocycles. The third-order valence-electron chi connectivity index (χ3n) is 3.49. The smallest absolute Gasteiger partial charge is 0.226 e. The fourth-order valence-corrected chi connectivity index (χ4v) is 2.35. The summed E-state index contributed by atoms with van der Waals surface area (Å²) in [7, 11) is 0. The van der Waals surface area contributed by atoms with E-state index in [1.54, 1.807) is 37.5 Å². The summed E-state index contributed by atoms with van der Waals surface area (Å²) in [5.41, 5.74) is 2.20. The van der Waals surface area contributed by atoms with Crippen molar-refractivity contribution in [1.82, 2.24) is 9.97 Å². The van der Waals surface area contributed by atoms with Gasteiger partial charge in [-0.1, -0.05) is 12.1 Å². The molecule has 3 heterocycles. The van der Waals surface area contributed by atoms with Crippen LogP contribution in [0.15, 0.2) is 81.6 Å². The van der Waals surface area contributed by atoms with Crippen molar-refractivity contribution >= 4 is 0 Å². The molecule has 0 bridgehead atoms. The summed E-state index contributed by atoms with van der Waals surface area (Å²) in [4.78, 5) is 8.09. The van der Waals surface area contributed by atoms with Crippen LogP contribution in [0.4, 0.5) is 8.78 Å². The topological polar surface area (TPSA) is 75.2 Å². The van der Waals surface area contributed by atoms with Crippen LogP contribution in [0.1, 0.15) is 17.4 Å². The predicted octanol–water partition coefficient (Wildman–Crippen LogP) is 5.25. The molecule has 0 saturated heterocycles. The molecule has 1 aliphatic rings. The van der Waals surface area contributed by atoms with Gasteiger partial charge >= 0.3 is 0 Å². The third-order valence-corrected chi connectivity index (χ3v) is 3.49. The zero-order chi connectivity index (χ0) is 18.4. The molecule has 3 aromatic rings. The van der Waals surface area contributed by atoms with Crippen molar-refractivity contribution in [1.29, 1.82) is 0 Å². The second kappa shape index (κ2) is 9.80.